The van der Waals surface area contributed by atoms with Gasteiger partial charge in [-0.1, -0.05) is 38.1 Å². The molecule has 0 unspecified atom stereocenters. The zero-order valence-corrected chi connectivity index (χ0v) is 11.4. The minimum absolute atomic E-state index is 0.108. The highest BCUT2D eigenvalue weighted by molar-refractivity contribution is 5.75. The van der Waals surface area contributed by atoms with E-state index in [9.17, 15) is 4.79 Å². The van der Waals surface area contributed by atoms with Crippen molar-refractivity contribution in [2.45, 2.75) is 45.6 Å². The minimum atomic E-state index is 0.108. The lowest BCUT2D eigenvalue weighted by Crippen LogP contribution is -2.22. The van der Waals surface area contributed by atoms with Crippen molar-refractivity contribution in [3.8, 4) is 0 Å². The van der Waals surface area contributed by atoms with Crippen LogP contribution in [0.5, 0.6) is 0 Å². The third-order valence-corrected chi connectivity index (χ3v) is 2.99. The topological polar surface area (TPSA) is 55.1 Å². The van der Waals surface area contributed by atoms with Crippen molar-refractivity contribution < 1.29 is 4.79 Å². The second-order valence-corrected chi connectivity index (χ2v) is 4.92. The van der Waals surface area contributed by atoms with Crippen molar-refractivity contribution in [3.05, 3.63) is 35.4 Å². The molecule has 0 spiro atoms. The molecule has 0 bridgehead atoms. The van der Waals surface area contributed by atoms with Crippen LogP contribution < -0.4 is 11.1 Å². The number of nitrogens with two attached hydrogens (primary N) is 1. The minimum Gasteiger partial charge on any atom is -0.352 e. The van der Waals surface area contributed by atoms with E-state index in [-0.39, 0.29) is 5.91 Å². The lowest BCUT2D eigenvalue weighted by atomic mass is 10.0. The van der Waals surface area contributed by atoms with Crippen LogP contribution in [0.1, 0.15) is 50.2 Å². The van der Waals surface area contributed by atoms with Gasteiger partial charge in [0.25, 0.3) is 0 Å². The Morgan fingerprint density at radius 3 is 2.44 bits per heavy atom. The van der Waals surface area contributed by atoms with Crippen molar-refractivity contribution >= 4 is 5.91 Å². The van der Waals surface area contributed by atoms with Crippen molar-refractivity contribution in [2.75, 3.05) is 6.54 Å². The van der Waals surface area contributed by atoms with Gasteiger partial charge < -0.3 is 11.1 Å². The van der Waals surface area contributed by atoms with Crippen LogP contribution >= 0.6 is 0 Å². The molecule has 0 aliphatic rings. The van der Waals surface area contributed by atoms with E-state index in [1.165, 1.54) is 5.56 Å². The molecule has 1 amide bonds. The molecule has 0 radical (unpaired) electrons. The Balaban J connectivity index is 2.32. The first kappa shape index (κ1) is 14.7. The average molecular weight is 248 g/mol. The van der Waals surface area contributed by atoms with Gasteiger partial charge in [0.2, 0.25) is 5.91 Å². The fraction of sp³-hybridized carbons (Fsp3) is 0.533. The van der Waals surface area contributed by atoms with E-state index in [2.05, 4.69) is 43.4 Å². The second kappa shape index (κ2) is 7.88. The summed E-state index contributed by atoms with van der Waals surface area (Å²) in [5.41, 5.74) is 7.86. The van der Waals surface area contributed by atoms with Gasteiger partial charge >= 0.3 is 0 Å². The summed E-state index contributed by atoms with van der Waals surface area (Å²) in [4.78, 5) is 11.5. The number of nitrogens with one attached hydrogen (secondary N) is 1. The Kier molecular flexibility index (Phi) is 6.44. The summed E-state index contributed by atoms with van der Waals surface area (Å²) < 4.78 is 0. The molecule has 100 valence electrons. The van der Waals surface area contributed by atoms with Gasteiger partial charge in [0.1, 0.15) is 0 Å². The van der Waals surface area contributed by atoms with Gasteiger partial charge in [-0.15, -0.1) is 0 Å². The molecule has 3 N–H and O–H groups in total. The van der Waals surface area contributed by atoms with Gasteiger partial charge in [0, 0.05) is 13.0 Å². The molecule has 0 aliphatic heterocycles. The van der Waals surface area contributed by atoms with Gasteiger partial charge in [0.15, 0.2) is 0 Å². The number of unbranched alkanes of at least 4 members (excludes halogenated alkanes) is 1. The molecule has 3 nitrogen and oxygen atoms in total. The Morgan fingerprint density at radius 1 is 1.22 bits per heavy atom. The Labute approximate surface area is 110 Å². The number of hydrogen-bond donors (Lipinski definition) is 2. The summed E-state index contributed by atoms with van der Waals surface area (Å²) >= 11 is 0. The van der Waals surface area contributed by atoms with Crippen LogP contribution in [0.15, 0.2) is 24.3 Å². The highest BCUT2D eigenvalue weighted by Crippen LogP contribution is 2.14. The number of benzene rings is 1. The summed E-state index contributed by atoms with van der Waals surface area (Å²) in [6, 6.07) is 8.41. The second-order valence-electron chi connectivity index (χ2n) is 4.92. The van der Waals surface area contributed by atoms with Crippen LogP contribution in [0, 0.1) is 0 Å². The first-order valence-corrected chi connectivity index (χ1v) is 6.69. The smallest absolute Gasteiger partial charge is 0.220 e. The summed E-state index contributed by atoms with van der Waals surface area (Å²) in [6.07, 6.45) is 2.35. The lowest BCUT2D eigenvalue weighted by Gasteiger charge is -2.08. The monoisotopic (exact) mass is 248 g/mol. The van der Waals surface area contributed by atoms with Crippen LogP contribution in [0.2, 0.25) is 0 Å². The Hall–Kier alpha value is -1.35. The van der Waals surface area contributed by atoms with E-state index in [0.717, 1.165) is 18.4 Å². The molecule has 3 heteroatoms. The van der Waals surface area contributed by atoms with E-state index in [4.69, 9.17) is 5.73 Å². The van der Waals surface area contributed by atoms with Gasteiger partial charge in [-0.2, -0.15) is 0 Å². The van der Waals surface area contributed by atoms with Crippen LogP contribution in [-0.2, 0) is 11.3 Å². The largest absolute Gasteiger partial charge is 0.352 e. The van der Waals surface area contributed by atoms with Gasteiger partial charge in [0.05, 0.1) is 0 Å². The first-order valence-electron chi connectivity index (χ1n) is 6.69. The number of rotatable bonds is 7. The van der Waals surface area contributed by atoms with Crippen LogP contribution in [0.3, 0.4) is 0 Å². The molecule has 1 aromatic rings. The molecule has 0 aliphatic carbocycles. The standard InChI is InChI=1S/C15H24N2O/c1-12(2)14-8-6-13(7-9-14)11-17-15(18)5-3-4-10-16/h6-9,12H,3-5,10-11,16H2,1-2H3,(H,17,18). The predicted molar refractivity (Wildman–Crippen MR) is 75.3 cm³/mol. The van der Waals surface area contributed by atoms with Crippen LogP contribution in [0.4, 0.5) is 0 Å². The van der Waals surface area contributed by atoms with Crippen LogP contribution in [-0.4, -0.2) is 12.5 Å². The SMILES string of the molecule is CC(C)c1ccc(CNC(=O)CCCCN)cc1. The molecular formula is C15H24N2O. The molecule has 1 rings (SSSR count). The molecule has 1 aromatic carbocycles. The van der Waals surface area contributed by atoms with E-state index >= 15 is 0 Å². The first-order chi connectivity index (χ1) is 8.63. The third kappa shape index (κ3) is 5.32. The predicted octanol–water partition coefficient (Wildman–Crippen LogP) is 2.56. The van der Waals surface area contributed by atoms with Gasteiger partial charge in [-0.05, 0) is 36.4 Å². The summed E-state index contributed by atoms with van der Waals surface area (Å²) in [6.45, 7) is 5.62. The van der Waals surface area contributed by atoms with Gasteiger partial charge in [-0.3, -0.25) is 4.79 Å². The average Bonchev–Trinajstić information content (AvgIpc) is 2.37. The fourth-order valence-corrected chi connectivity index (χ4v) is 1.74. The van der Waals surface area contributed by atoms with Crippen LogP contribution in [0.25, 0.3) is 0 Å². The molecule has 18 heavy (non-hydrogen) atoms. The van der Waals surface area contributed by atoms with Crippen molar-refractivity contribution in [3.63, 3.8) is 0 Å². The summed E-state index contributed by atoms with van der Waals surface area (Å²) in [5, 5.41) is 2.93. The highest BCUT2D eigenvalue weighted by Gasteiger charge is 2.02. The lowest BCUT2D eigenvalue weighted by molar-refractivity contribution is -0.121. The zero-order chi connectivity index (χ0) is 13.4. The molecule has 0 heterocycles. The Bertz CT molecular complexity index is 357. The van der Waals surface area contributed by atoms with E-state index < -0.39 is 0 Å². The molecule has 0 aromatic heterocycles. The van der Waals surface area contributed by atoms with Gasteiger partial charge in [-0.25, -0.2) is 0 Å². The highest BCUT2D eigenvalue weighted by atomic mass is 16.1. The fourth-order valence-electron chi connectivity index (χ4n) is 1.74. The third-order valence-electron chi connectivity index (χ3n) is 2.99. The van der Waals surface area contributed by atoms with E-state index in [0.29, 0.717) is 25.4 Å². The van der Waals surface area contributed by atoms with E-state index in [1.807, 2.05) is 0 Å². The molecule has 0 fully saturated rings. The molecule has 0 saturated heterocycles. The maximum absolute atomic E-state index is 11.5. The normalized spacial score (nSPS) is 10.7. The van der Waals surface area contributed by atoms with E-state index in [1.54, 1.807) is 0 Å². The summed E-state index contributed by atoms with van der Waals surface area (Å²) in [5.74, 6) is 0.654. The molecule has 0 atom stereocenters. The maximum atomic E-state index is 11.5. The van der Waals surface area contributed by atoms with Crippen molar-refractivity contribution in [2.24, 2.45) is 5.73 Å². The molecular weight excluding hydrogens is 224 g/mol. The molecule has 0 saturated carbocycles. The van der Waals surface area contributed by atoms with Crippen molar-refractivity contribution in [1.29, 1.82) is 0 Å². The van der Waals surface area contributed by atoms with Crippen molar-refractivity contribution in [1.82, 2.24) is 5.32 Å². The Morgan fingerprint density at radius 2 is 1.89 bits per heavy atom. The quantitative estimate of drug-likeness (QED) is 0.729. The number of carbonyl (C=O) groups excluding carboxylic acids is 1. The number of hydrogen-bond acceptors (Lipinski definition) is 2. The summed E-state index contributed by atoms with van der Waals surface area (Å²) in [7, 11) is 0. The number of carbonyl (C=O) groups is 1. The maximum Gasteiger partial charge on any atom is 0.220 e. The zero-order valence-electron chi connectivity index (χ0n) is 11.4. The number of amides is 1.